The highest BCUT2D eigenvalue weighted by molar-refractivity contribution is 5.37. The molecule has 0 spiro atoms. The minimum atomic E-state index is -0.400. The van der Waals surface area contributed by atoms with E-state index in [2.05, 4.69) is 22.2 Å². The Balaban J connectivity index is 3.06. The van der Waals surface area contributed by atoms with E-state index in [1.54, 1.807) is 14.0 Å². The highest BCUT2D eigenvalue weighted by atomic mass is 19.1. The first-order valence-corrected chi connectivity index (χ1v) is 5.97. The van der Waals surface area contributed by atoms with Crippen LogP contribution in [0.5, 0.6) is 0 Å². The number of nitrogens with zero attached hydrogens (tertiary/aromatic N) is 2. The molecule has 0 aliphatic carbocycles. The smallest absolute Gasteiger partial charge is 0.186 e. The number of halogens is 1. The highest BCUT2D eigenvalue weighted by Gasteiger charge is 2.18. The molecule has 1 aromatic rings. The largest absolute Gasteiger partial charge is 0.371 e. The first kappa shape index (κ1) is 13.8. The third-order valence-corrected chi connectivity index (χ3v) is 2.48. The van der Waals surface area contributed by atoms with E-state index in [0.717, 1.165) is 12.8 Å². The van der Waals surface area contributed by atoms with Gasteiger partial charge in [-0.25, -0.2) is 14.4 Å². The van der Waals surface area contributed by atoms with Gasteiger partial charge in [-0.2, -0.15) is 0 Å². The number of hydrogen-bond donors (Lipinski definition) is 1. The lowest BCUT2D eigenvalue weighted by Gasteiger charge is -2.16. The SMILES string of the molecule is CCCC(OCC)c1nc(C)c(F)c(NC)n1. The van der Waals surface area contributed by atoms with Gasteiger partial charge in [-0.15, -0.1) is 0 Å². The molecule has 0 bridgehead atoms. The topological polar surface area (TPSA) is 47.0 Å². The lowest BCUT2D eigenvalue weighted by Crippen LogP contribution is -2.12. The average Bonchev–Trinajstić information content (AvgIpc) is 2.32. The van der Waals surface area contributed by atoms with Crippen LogP contribution < -0.4 is 5.32 Å². The van der Waals surface area contributed by atoms with Crippen LogP contribution in [0.25, 0.3) is 0 Å². The minimum Gasteiger partial charge on any atom is -0.371 e. The Bertz CT molecular complexity index is 365. The molecule has 17 heavy (non-hydrogen) atoms. The van der Waals surface area contributed by atoms with Gasteiger partial charge in [-0.3, -0.25) is 0 Å². The molecule has 1 heterocycles. The van der Waals surface area contributed by atoms with Crippen LogP contribution >= 0.6 is 0 Å². The van der Waals surface area contributed by atoms with E-state index in [1.165, 1.54) is 0 Å². The van der Waals surface area contributed by atoms with Crippen molar-refractivity contribution in [2.45, 2.75) is 39.7 Å². The van der Waals surface area contributed by atoms with Crippen molar-refractivity contribution in [2.75, 3.05) is 19.0 Å². The van der Waals surface area contributed by atoms with Gasteiger partial charge in [0.2, 0.25) is 0 Å². The molecule has 96 valence electrons. The third kappa shape index (κ3) is 3.36. The van der Waals surface area contributed by atoms with Gasteiger partial charge in [-0.1, -0.05) is 13.3 Å². The van der Waals surface area contributed by atoms with Crippen molar-refractivity contribution in [2.24, 2.45) is 0 Å². The Morgan fingerprint density at radius 1 is 1.35 bits per heavy atom. The molecule has 5 heteroatoms. The quantitative estimate of drug-likeness (QED) is 0.832. The molecule has 0 aromatic carbocycles. The number of aryl methyl sites for hydroxylation is 1. The molecule has 0 radical (unpaired) electrons. The van der Waals surface area contributed by atoms with Gasteiger partial charge in [0, 0.05) is 13.7 Å². The summed E-state index contributed by atoms with van der Waals surface area (Å²) in [7, 11) is 1.64. The number of ether oxygens (including phenoxy) is 1. The third-order valence-electron chi connectivity index (χ3n) is 2.48. The van der Waals surface area contributed by atoms with Crippen LogP contribution in [0.3, 0.4) is 0 Å². The predicted molar refractivity (Wildman–Crippen MR) is 65.5 cm³/mol. The summed E-state index contributed by atoms with van der Waals surface area (Å²) in [5.41, 5.74) is 0.347. The van der Waals surface area contributed by atoms with E-state index in [0.29, 0.717) is 18.1 Å². The summed E-state index contributed by atoms with van der Waals surface area (Å²) in [5, 5.41) is 2.73. The summed E-state index contributed by atoms with van der Waals surface area (Å²) >= 11 is 0. The maximum Gasteiger partial charge on any atom is 0.186 e. The lowest BCUT2D eigenvalue weighted by molar-refractivity contribution is 0.0492. The maximum absolute atomic E-state index is 13.6. The van der Waals surface area contributed by atoms with Crippen LogP contribution in [0.1, 0.15) is 44.3 Å². The molecule has 0 saturated carbocycles. The number of aromatic nitrogens is 2. The van der Waals surface area contributed by atoms with Crippen LogP contribution in [0.2, 0.25) is 0 Å². The summed E-state index contributed by atoms with van der Waals surface area (Å²) in [6.45, 7) is 6.23. The van der Waals surface area contributed by atoms with Crippen molar-refractivity contribution in [1.82, 2.24) is 9.97 Å². The van der Waals surface area contributed by atoms with Crippen molar-refractivity contribution in [1.29, 1.82) is 0 Å². The van der Waals surface area contributed by atoms with Gasteiger partial charge in [0.15, 0.2) is 17.5 Å². The van der Waals surface area contributed by atoms with E-state index in [4.69, 9.17) is 4.74 Å². The summed E-state index contributed by atoms with van der Waals surface area (Å²) in [6, 6.07) is 0. The fourth-order valence-electron chi connectivity index (χ4n) is 1.64. The number of hydrogen-bond acceptors (Lipinski definition) is 4. The fraction of sp³-hybridized carbons (Fsp3) is 0.667. The highest BCUT2D eigenvalue weighted by Crippen LogP contribution is 2.23. The Labute approximate surface area is 102 Å². The molecular weight excluding hydrogens is 221 g/mol. The van der Waals surface area contributed by atoms with Gasteiger partial charge in [0.05, 0.1) is 5.69 Å². The first-order chi connectivity index (χ1) is 8.13. The Hall–Kier alpha value is -1.23. The second-order valence-corrected chi connectivity index (χ2v) is 3.81. The monoisotopic (exact) mass is 241 g/mol. The molecule has 0 fully saturated rings. The van der Waals surface area contributed by atoms with Gasteiger partial charge in [0.25, 0.3) is 0 Å². The number of nitrogens with one attached hydrogen (secondary N) is 1. The van der Waals surface area contributed by atoms with Crippen LogP contribution in [0, 0.1) is 12.7 Å². The van der Waals surface area contributed by atoms with E-state index in [9.17, 15) is 4.39 Å². The van der Waals surface area contributed by atoms with Crippen LogP contribution in [0.4, 0.5) is 10.2 Å². The molecule has 0 amide bonds. The van der Waals surface area contributed by atoms with Crippen molar-refractivity contribution < 1.29 is 9.13 Å². The van der Waals surface area contributed by atoms with Crippen LogP contribution in [-0.4, -0.2) is 23.6 Å². The normalized spacial score (nSPS) is 12.5. The molecule has 1 unspecified atom stereocenters. The van der Waals surface area contributed by atoms with Gasteiger partial charge < -0.3 is 10.1 Å². The molecule has 1 atom stereocenters. The zero-order valence-electron chi connectivity index (χ0n) is 10.9. The van der Waals surface area contributed by atoms with Crippen molar-refractivity contribution in [3.8, 4) is 0 Å². The van der Waals surface area contributed by atoms with E-state index in [1.807, 2.05) is 6.92 Å². The molecule has 4 nitrogen and oxygen atoms in total. The average molecular weight is 241 g/mol. The lowest BCUT2D eigenvalue weighted by atomic mass is 10.2. The molecule has 0 aliphatic heterocycles. The maximum atomic E-state index is 13.6. The Morgan fingerprint density at radius 3 is 2.59 bits per heavy atom. The molecule has 1 aromatic heterocycles. The Morgan fingerprint density at radius 2 is 2.06 bits per heavy atom. The summed E-state index contributed by atoms with van der Waals surface area (Å²) < 4.78 is 19.2. The van der Waals surface area contributed by atoms with E-state index in [-0.39, 0.29) is 11.9 Å². The van der Waals surface area contributed by atoms with Crippen LogP contribution in [-0.2, 0) is 4.74 Å². The predicted octanol–water partition coefficient (Wildman–Crippen LogP) is 2.84. The zero-order valence-corrected chi connectivity index (χ0v) is 10.9. The van der Waals surface area contributed by atoms with E-state index >= 15 is 0 Å². The van der Waals surface area contributed by atoms with Crippen molar-refractivity contribution in [3.05, 3.63) is 17.3 Å². The van der Waals surface area contributed by atoms with Crippen molar-refractivity contribution >= 4 is 5.82 Å². The fourth-order valence-corrected chi connectivity index (χ4v) is 1.64. The van der Waals surface area contributed by atoms with Gasteiger partial charge in [0.1, 0.15) is 6.10 Å². The van der Waals surface area contributed by atoms with E-state index < -0.39 is 5.82 Å². The summed E-state index contributed by atoms with van der Waals surface area (Å²) in [4.78, 5) is 8.33. The Kier molecular flexibility index (Phi) is 5.28. The summed E-state index contributed by atoms with van der Waals surface area (Å²) in [6.07, 6.45) is 1.65. The number of anilines is 1. The molecule has 1 rings (SSSR count). The zero-order chi connectivity index (χ0) is 12.8. The molecule has 1 N–H and O–H groups in total. The number of rotatable bonds is 6. The first-order valence-electron chi connectivity index (χ1n) is 5.97. The standard InChI is InChI=1S/C12H20FN3O/c1-5-7-9(17-6-2)11-15-8(3)10(13)12(14-4)16-11/h9H,5-7H2,1-4H3,(H,14,15,16). The second-order valence-electron chi connectivity index (χ2n) is 3.81. The molecule has 0 aliphatic rings. The van der Waals surface area contributed by atoms with Crippen LogP contribution in [0.15, 0.2) is 0 Å². The van der Waals surface area contributed by atoms with Gasteiger partial charge in [-0.05, 0) is 20.3 Å². The minimum absolute atomic E-state index is 0.156. The van der Waals surface area contributed by atoms with Gasteiger partial charge >= 0.3 is 0 Å². The molecular formula is C12H20FN3O. The second kappa shape index (κ2) is 6.49. The van der Waals surface area contributed by atoms with Crippen molar-refractivity contribution in [3.63, 3.8) is 0 Å². The summed E-state index contributed by atoms with van der Waals surface area (Å²) in [5.74, 6) is 0.383. The molecule has 0 saturated heterocycles.